The highest BCUT2D eigenvalue weighted by atomic mass is 32.2. The van der Waals surface area contributed by atoms with E-state index >= 15 is 0 Å². The maximum atomic E-state index is 13.0. The van der Waals surface area contributed by atoms with E-state index in [2.05, 4.69) is 11.3 Å². The fourth-order valence-corrected chi connectivity index (χ4v) is 4.13. The molecule has 156 valence electrons. The number of rotatable bonds is 9. The molecule has 2 rings (SSSR count). The van der Waals surface area contributed by atoms with E-state index in [0.29, 0.717) is 18.8 Å². The molecule has 0 aliphatic rings. The summed E-state index contributed by atoms with van der Waals surface area (Å²) in [6.45, 7) is 10.5. The van der Waals surface area contributed by atoms with Crippen LogP contribution in [-0.2, 0) is 16.4 Å². The molecule has 0 spiro atoms. The molecule has 0 bridgehead atoms. The third kappa shape index (κ3) is 5.60. The first-order valence-corrected chi connectivity index (χ1v) is 10.9. The SMILES string of the molecule is C=C(C)CN(CC)C(=O)c1ccc(OC)c(S(=O)(=O)Nc2ccc(CC)cc2)c1. The van der Waals surface area contributed by atoms with Crippen LogP contribution in [0.5, 0.6) is 5.75 Å². The summed E-state index contributed by atoms with van der Waals surface area (Å²) in [5.74, 6) is -0.0934. The molecule has 0 radical (unpaired) electrons. The number of likely N-dealkylation sites (N-methyl/N-ethyl adjacent to an activating group) is 1. The Bertz CT molecular complexity index is 982. The average molecular weight is 417 g/mol. The second-order valence-corrected chi connectivity index (χ2v) is 8.45. The van der Waals surface area contributed by atoms with Gasteiger partial charge in [-0.25, -0.2) is 8.42 Å². The summed E-state index contributed by atoms with van der Waals surface area (Å²) in [6.07, 6.45) is 0.864. The standard InChI is InChI=1S/C22H28N2O4S/c1-6-17-8-11-19(12-9-17)23-29(26,27)21-14-18(10-13-20(21)28-5)22(25)24(7-2)15-16(3)4/h8-14,23H,3,6-7,15H2,1-2,4-5H3. The van der Waals surface area contributed by atoms with Gasteiger partial charge < -0.3 is 9.64 Å². The van der Waals surface area contributed by atoms with Crippen LogP contribution >= 0.6 is 0 Å². The molecule has 29 heavy (non-hydrogen) atoms. The predicted molar refractivity (Wildman–Crippen MR) is 116 cm³/mol. The second-order valence-electron chi connectivity index (χ2n) is 6.80. The van der Waals surface area contributed by atoms with Gasteiger partial charge in [-0.15, -0.1) is 0 Å². The van der Waals surface area contributed by atoms with Gasteiger partial charge in [-0.05, 0) is 56.2 Å². The lowest BCUT2D eigenvalue weighted by atomic mass is 10.1. The molecule has 0 fully saturated rings. The van der Waals surface area contributed by atoms with E-state index in [1.54, 1.807) is 23.1 Å². The molecule has 0 aromatic heterocycles. The zero-order valence-corrected chi connectivity index (χ0v) is 18.2. The Kier molecular flexibility index (Phi) is 7.45. The number of methoxy groups -OCH3 is 1. The average Bonchev–Trinajstić information content (AvgIpc) is 2.71. The van der Waals surface area contributed by atoms with Crippen LogP contribution in [-0.4, -0.2) is 39.4 Å². The van der Waals surface area contributed by atoms with E-state index in [-0.39, 0.29) is 22.1 Å². The quantitative estimate of drug-likeness (QED) is 0.625. The van der Waals surface area contributed by atoms with Gasteiger partial charge in [-0.1, -0.05) is 31.2 Å². The summed E-state index contributed by atoms with van der Waals surface area (Å²) >= 11 is 0. The van der Waals surface area contributed by atoms with Crippen molar-refractivity contribution in [2.45, 2.75) is 32.1 Å². The Morgan fingerprint density at radius 1 is 1.14 bits per heavy atom. The molecule has 2 aromatic rings. The number of anilines is 1. The highest BCUT2D eigenvalue weighted by Gasteiger charge is 2.23. The fraction of sp³-hybridized carbons (Fsp3) is 0.318. The van der Waals surface area contributed by atoms with Gasteiger partial charge >= 0.3 is 0 Å². The molecule has 1 amide bonds. The molecule has 0 heterocycles. The lowest BCUT2D eigenvalue weighted by Gasteiger charge is -2.21. The number of nitrogens with zero attached hydrogens (tertiary/aromatic N) is 1. The van der Waals surface area contributed by atoms with E-state index in [0.717, 1.165) is 17.6 Å². The minimum Gasteiger partial charge on any atom is -0.495 e. The van der Waals surface area contributed by atoms with E-state index in [1.807, 2.05) is 32.9 Å². The second kappa shape index (κ2) is 9.60. The van der Waals surface area contributed by atoms with E-state index in [1.165, 1.54) is 19.2 Å². The Morgan fingerprint density at radius 3 is 2.31 bits per heavy atom. The molecular weight excluding hydrogens is 388 g/mol. The van der Waals surface area contributed by atoms with Crippen molar-refractivity contribution >= 4 is 21.6 Å². The molecule has 0 aliphatic heterocycles. The molecule has 6 nitrogen and oxygen atoms in total. The monoisotopic (exact) mass is 416 g/mol. The van der Waals surface area contributed by atoms with Gasteiger partial charge in [0.05, 0.1) is 7.11 Å². The van der Waals surface area contributed by atoms with Crippen LogP contribution in [0.1, 0.15) is 36.7 Å². The van der Waals surface area contributed by atoms with Crippen molar-refractivity contribution in [1.29, 1.82) is 0 Å². The molecule has 0 saturated heterocycles. The zero-order valence-electron chi connectivity index (χ0n) is 17.4. The van der Waals surface area contributed by atoms with Crippen LogP contribution < -0.4 is 9.46 Å². The number of hydrogen-bond donors (Lipinski definition) is 1. The van der Waals surface area contributed by atoms with E-state index in [9.17, 15) is 13.2 Å². The summed E-state index contributed by atoms with van der Waals surface area (Å²) in [7, 11) is -2.56. The number of sulfonamides is 1. The smallest absolute Gasteiger partial charge is 0.265 e. The summed E-state index contributed by atoms with van der Waals surface area (Å²) in [4.78, 5) is 14.4. The topological polar surface area (TPSA) is 75.7 Å². The lowest BCUT2D eigenvalue weighted by molar-refractivity contribution is 0.0778. The summed E-state index contributed by atoms with van der Waals surface area (Å²) in [5.41, 5.74) is 2.67. The predicted octanol–water partition coefficient (Wildman–Crippen LogP) is 4.10. The first kappa shape index (κ1) is 22.5. The molecule has 7 heteroatoms. The Hall–Kier alpha value is -2.80. The molecule has 2 aromatic carbocycles. The zero-order chi connectivity index (χ0) is 21.6. The molecule has 0 unspecified atom stereocenters. The van der Waals surface area contributed by atoms with E-state index < -0.39 is 10.0 Å². The first-order valence-electron chi connectivity index (χ1n) is 9.45. The van der Waals surface area contributed by atoms with Gasteiger partial charge in [0.1, 0.15) is 10.6 Å². The molecule has 0 aliphatic carbocycles. The van der Waals surface area contributed by atoms with Crippen molar-refractivity contribution in [3.8, 4) is 5.75 Å². The van der Waals surface area contributed by atoms with Crippen LogP contribution in [0.4, 0.5) is 5.69 Å². The summed E-state index contributed by atoms with van der Waals surface area (Å²) in [5, 5.41) is 0. The highest BCUT2D eigenvalue weighted by molar-refractivity contribution is 7.92. The minimum absolute atomic E-state index is 0.0863. The van der Waals surface area contributed by atoms with Gasteiger partial charge in [0.2, 0.25) is 0 Å². The largest absolute Gasteiger partial charge is 0.495 e. The number of carbonyl (C=O) groups excluding carboxylic acids is 1. The molecular formula is C22H28N2O4S. The molecule has 0 atom stereocenters. The number of benzene rings is 2. The van der Waals surface area contributed by atoms with Crippen molar-refractivity contribution in [3.63, 3.8) is 0 Å². The first-order chi connectivity index (χ1) is 13.7. The van der Waals surface area contributed by atoms with Gasteiger partial charge in [-0.3, -0.25) is 9.52 Å². The van der Waals surface area contributed by atoms with Crippen LogP contribution in [0.3, 0.4) is 0 Å². The van der Waals surface area contributed by atoms with Crippen molar-refractivity contribution in [3.05, 3.63) is 65.7 Å². The van der Waals surface area contributed by atoms with Crippen molar-refractivity contribution < 1.29 is 17.9 Å². The third-order valence-corrected chi connectivity index (χ3v) is 5.85. The molecule has 1 N–H and O–H groups in total. The Balaban J connectivity index is 2.40. The minimum atomic E-state index is -3.95. The van der Waals surface area contributed by atoms with Crippen molar-refractivity contribution in [2.24, 2.45) is 0 Å². The lowest BCUT2D eigenvalue weighted by Crippen LogP contribution is -2.32. The highest BCUT2D eigenvalue weighted by Crippen LogP contribution is 2.28. The van der Waals surface area contributed by atoms with Gasteiger partial charge in [0, 0.05) is 24.3 Å². The number of aryl methyl sites for hydroxylation is 1. The van der Waals surface area contributed by atoms with Gasteiger partial charge in [0.15, 0.2) is 0 Å². The Labute approximate surface area is 173 Å². The number of ether oxygens (including phenoxy) is 1. The number of nitrogens with one attached hydrogen (secondary N) is 1. The molecule has 0 saturated carbocycles. The fourth-order valence-electron chi connectivity index (χ4n) is 2.87. The van der Waals surface area contributed by atoms with E-state index in [4.69, 9.17) is 4.74 Å². The van der Waals surface area contributed by atoms with Gasteiger partial charge in [0.25, 0.3) is 15.9 Å². The van der Waals surface area contributed by atoms with Crippen LogP contribution in [0.15, 0.2) is 59.5 Å². The van der Waals surface area contributed by atoms with Crippen LogP contribution in [0.25, 0.3) is 0 Å². The Morgan fingerprint density at radius 2 is 1.79 bits per heavy atom. The van der Waals surface area contributed by atoms with Crippen molar-refractivity contribution in [1.82, 2.24) is 4.90 Å². The van der Waals surface area contributed by atoms with Crippen LogP contribution in [0.2, 0.25) is 0 Å². The number of carbonyl (C=O) groups is 1. The third-order valence-electron chi connectivity index (χ3n) is 4.44. The maximum Gasteiger partial charge on any atom is 0.265 e. The maximum absolute atomic E-state index is 13.0. The van der Waals surface area contributed by atoms with Gasteiger partial charge in [-0.2, -0.15) is 0 Å². The number of hydrogen-bond acceptors (Lipinski definition) is 4. The van der Waals surface area contributed by atoms with Crippen LogP contribution in [0, 0.1) is 0 Å². The van der Waals surface area contributed by atoms with Crippen molar-refractivity contribution in [2.75, 3.05) is 24.9 Å². The summed E-state index contributed by atoms with van der Waals surface area (Å²) < 4.78 is 33.8. The number of amides is 1. The summed E-state index contributed by atoms with van der Waals surface area (Å²) in [6, 6.07) is 11.6. The normalized spacial score (nSPS) is 11.0.